The summed E-state index contributed by atoms with van der Waals surface area (Å²) in [4.78, 5) is 24.0. The Morgan fingerprint density at radius 2 is 1.80 bits per heavy atom. The number of halogens is 1. The van der Waals surface area contributed by atoms with Crippen molar-refractivity contribution >= 4 is 23.3 Å². The number of carbonyl (C=O) groups excluding carboxylic acids is 2. The quantitative estimate of drug-likeness (QED) is 0.733. The third kappa shape index (κ3) is 5.50. The second-order valence-corrected chi connectivity index (χ2v) is 5.84. The smallest absolute Gasteiger partial charge is 0.220 e. The molecular weight excluding hydrogens is 342 g/mol. The van der Waals surface area contributed by atoms with Crippen molar-refractivity contribution in [1.29, 1.82) is 0 Å². The zero-order valence-electron chi connectivity index (χ0n) is 14.2. The van der Waals surface area contributed by atoms with Crippen molar-refractivity contribution in [2.75, 3.05) is 20.8 Å². The highest BCUT2D eigenvalue weighted by Crippen LogP contribution is 2.27. The molecule has 0 aliphatic rings. The summed E-state index contributed by atoms with van der Waals surface area (Å²) >= 11 is 5.86. The molecule has 6 heteroatoms. The highest BCUT2D eigenvalue weighted by Gasteiger charge is 2.10. The first-order valence-corrected chi connectivity index (χ1v) is 8.17. The topological polar surface area (TPSA) is 64.6 Å². The van der Waals surface area contributed by atoms with Gasteiger partial charge in [0.05, 0.1) is 20.8 Å². The van der Waals surface area contributed by atoms with Gasteiger partial charge < -0.3 is 14.8 Å². The molecule has 2 rings (SSSR count). The Labute approximate surface area is 151 Å². The molecule has 0 saturated heterocycles. The molecule has 0 aliphatic heterocycles. The van der Waals surface area contributed by atoms with Crippen LogP contribution in [0, 0.1) is 0 Å². The van der Waals surface area contributed by atoms with Crippen LogP contribution < -0.4 is 14.8 Å². The van der Waals surface area contributed by atoms with Crippen molar-refractivity contribution in [2.24, 2.45) is 0 Å². The number of nitrogens with one attached hydrogen (secondary N) is 1. The molecule has 0 aliphatic carbocycles. The molecule has 0 aromatic heterocycles. The average Bonchev–Trinajstić information content (AvgIpc) is 2.64. The van der Waals surface area contributed by atoms with Crippen LogP contribution in [-0.2, 0) is 11.2 Å². The molecule has 0 spiro atoms. The maximum atomic E-state index is 12.0. The lowest BCUT2D eigenvalue weighted by Gasteiger charge is -2.09. The van der Waals surface area contributed by atoms with Gasteiger partial charge in [0.25, 0.3) is 0 Å². The first kappa shape index (κ1) is 18.8. The van der Waals surface area contributed by atoms with Crippen molar-refractivity contribution in [3.63, 3.8) is 0 Å². The lowest BCUT2D eigenvalue weighted by atomic mass is 10.1. The Hall–Kier alpha value is -2.53. The maximum Gasteiger partial charge on any atom is 0.220 e. The predicted molar refractivity (Wildman–Crippen MR) is 96.7 cm³/mol. The second-order valence-electron chi connectivity index (χ2n) is 5.40. The Kier molecular flexibility index (Phi) is 6.83. The van der Waals surface area contributed by atoms with Gasteiger partial charge in [0.1, 0.15) is 0 Å². The third-order valence-corrected chi connectivity index (χ3v) is 3.92. The zero-order valence-corrected chi connectivity index (χ0v) is 14.9. The summed E-state index contributed by atoms with van der Waals surface area (Å²) in [6, 6.07) is 12.2. The minimum atomic E-state index is -0.190. The molecule has 2 aromatic carbocycles. The van der Waals surface area contributed by atoms with Gasteiger partial charge in [0.2, 0.25) is 5.91 Å². The van der Waals surface area contributed by atoms with Gasteiger partial charge in [-0.3, -0.25) is 9.59 Å². The lowest BCUT2D eigenvalue weighted by molar-refractivity contribution is -0.120. The summed E-state index contributed by atoms with van der Waals surface area (Å²) in [6.45, 7) is -0.0505. The summed E-state index contributed by atoms with van der Waals surface area (Å²) in [7, 11) is 3.14. The number of Topliss-reactive ketones (excluding diaryl/α,β-unsaturated/α-hetero) is 1. The van der Waals surface area contributed by atoms with E-state index in [2.05, 4.69) is 5.32 Å². The molecule has 132 valence electrons. The largest absolute Gasteiger partial charge is 0.493 e. The molecule has 0 atom stereocenters. The third-order valence-electron chi connectivity index (χ3n) is 3.68. The van der Waals surface area contributed by atoms with Crippen LogP contribution in [0.1, 0.15) is 22.3 Å². The van der Waals surface area contributed by atoms with E-state index in [9.17, 15) is 9.59 Å². The van der Waals surface area contributed by atoms with Gasteiger partial charge in [-0.2, -0.15) is 0 Å². The molecule has 0 saturated carbocycles. The fourth-order valence-corrected chi connectivity index (χ4v) is 2.52. The van der Waals surface area contributed by atoms with Gasteiger partial charge in [-0.15, -0.1) is 0 Å². The summed E-state index contributed by atoms with van der Waals surface area (Å²) in [6.07, 6.45) is 0.815. The van der Waals surface area contributed by atoms with Crippen molar-refractivity contribution in [2.45, 2.75) is 12.8 Å². The number of aryl methyl sites for hydroxylation is 1. The number of rotatable bonds is 8. The predicted octanol–water partition coefficient (Wildman–Crippen LogP) is 3.29. The normalized spacial score (nSPS) is 10.2. The van der Waals surface area contributed by atoms with Crippen LogP contribution in [0.4, 0.5) is 0 Å². The van der Waals surface area contributed by atoms with E-state index in [1.165, 1.54) is 0 Å². The number of ketones is 1. The van der Waals surface area contributed by atoms with Crippen LogP contribution in [0.5, 0.6) is 11.5 Å². The monoisotopic (exact) mass is 361 g/mol. The van der Waals surface area contributed by atoms with E-state index < -0.39 is 0 Å². The van der Waals surface area contributed by atoms with Gasteiger partial charge in [0.15, 0.2) is 17.3 Å². The van der Waals surface area contributed by atoms with Crippen molar-refractivity contribution in [1.82, 2.24) is 5.32 Å². The molecule has 5 nitrogen and oxygen atoms in total. The van der Waals surface area contributed by atoms with Gasteiger partial charge in [-0.25, -0.2) is 0 Å². The summed E-state index contributed by atoms with van der Waals surface area (Å²) in [5.41, 5.74) is 1.43. The molecule has 1 amide bonds. The van der Waals surface area contributed by atoms with Crippen LogP contribution in [0.25, 0.3) is 0 Å². The minimum absolute atomic E-state index is 0.0505. The molecule has 0 bridgehead atoms. The number of amides is 1. The summed E-state index contributed by atoms with van der Waals surface area (Å²) in [5, 5.41) is 3.13. The number of methoxy groups -OCH3 is 2. The van der Waals surface area contributed by atoms with Crippen LogP contribution in [0.3, 0.4) is 0 Å². The second kappa shape index (κ2) is 9.08. The van der Waals surface area contributed by atoms with Crippen LogP contribution in [-0.4, -0.2) is 32.5 Å². The number of ether oxygens (including phenoxy) is 2. The fraction of sp³-hybridized carbons (Fsp3) is 0.263. The van der Waals surface area contributed by atoms with Crippen molar-refractivity contribution in [3.8, 4) is 11.5 Å². The van der Waals surface area contributed by atoms with E-state index in [0.29, 0.717) is 28.5 Å². The SMILES string of the molecule is COc1ccc(CCC(=O)NCC(=O)c2cccc(Cl)c2)cc1OC. The lowest BCUT2D eigenvalue weighted by Crippen LogP contribution is -2.29. The molecule has 0 heterocycles. The number of hydrogen-bond donors (Lipinski definition) is 1. The van der Waals surface area contributed by atoms with Crippen molar-refractivity contribution in [3.05, 3.63) is 58.6 Å². The highest BCUT2D eigenvalue weighted by molar-refractivity contribution is 6.31. The van der Waals surface area contributed by atoms with Crippen LogP contribution in [0.15, 0.2) is 42.5 Å². The molecule has 2 aromatic rings. The molecule has 0 fully saturated rings. The van der Waals surface area contributed by atoms with E-state index in [0.717, 1.165) is 5.56 Å². The van der Waals surface area contributed by atoms with Gasteiger partial charge in [0, 0.05) is 17.0 Å². The van der Waals surface area contributed by atoms with E-state index in [4.69, 9.17) is 21.1 Å². The van der Waals surface area contributed by atoms with Crippen LogP contribution >= 0.6 is 11.6 Å². The van der Waals surface area contributed by atoms with Crippen LogP contribution in [0.2, 0.25) is 5.02 Å². The fourth-order valence-electron chi connectivity index (χ4n) is 2.33. The van der Waals surface area contributed by atoms with E-state index in [-0.39, 0.29) is 24.7 Å². The van der Waals surface area contributed by atoms with E-state index in [1.54, 1.807) is 44.6 Å². The summed E-state index contributed by atoms with van der Waals surface area (Å²) in [5.74, 6) is 0.895. The molecule has 0 unspecified atom stereocenters. The molecule has 0 radical (unpaired) electrons. The Morgan fingerprint density at radius 1 is 1.04 bits per heavy atom. The number of hydrogen-bond acceptors (Lipinski definition) is 4. The highest BCUT2D eigenvalue weighted by atomic mass is 35.5. The van der Waals surface area contributed by atoms with Gasteiger partial charge in [-0.05, 0) is 36.2 Å². The summed E-state index contributed by atoms with van der Waals surface area (Å²) < 4.78 is 10.4. The van der Waals surface area contributed by atoms with Gasteiger partial charge >= 0.3 is 0 Å². The first-order valence-electron chi connectivity index (χ1n) is 7.80. The van der Waals surface area contributed by atoms with E-state index in [1.807, 2.05) is 12.1 Å². The Morgan fingerprint density at radius 3 is 2.48 bits per heavy atom. The maximum absolute atomic E-state index is 12.0. The number of benzene rings is 2. The van der Waals surface area contributed by atoms with Gasteiger partial charge in [-0.1, -0.05) is 29.8 Å². The average molecular weight is 362 g/mol. The zero-order chi connectivity index (χ0) is 18.2. The number of carbonyl (C=O) groups is 2. The first-order chi connectivity index (χ1) is 12.0. The molecule has 1 N–H and O–H groups in total. The molecular formula is C19H20ClNO4. The van der Waals surface area contributed by atoms with Crippen molar-refractivity contribution < 1.29 is 19.1 Å². The van der Waals surface area contributed by atoms with E-state index >= 15 is 0 Å². The minimum Gasteiger partial charge on any atom is -0.493 e. The standard InChI is InChI=1S/C19H20ClNO4/c1-24-17-8-6-13(10-18(17)25-2)7-9-19(23)21-12-16(22)14-4-3-5-15(20)11-14/h3-6,8,10-11H,7,9,12H2,1-2H3,(H,21,23). The molecule has 25 heavy (non-hydrogen) atoms. The Balaban J connectivity index is 1.83. The Bertz CT molecular complexity index is 761.